The van der Waals surface area contributed by atoms with E-state index in [2.05, 4.69) is 21.8 Å². The van der Waals surface area contributed by atoms with E-state index in [1.54, 1.807) is 12.1 Å². The van der Waals surface area contributed by atoms with Gasteiger partial charge in [-0.3, -0.25) is 9.78 Å². The first-order valence-electron chi connectivity index (χ1n) is 7.75. The number of rotatable bonds is 2. The molecule has 21 heavy (non-hydrogen) atoms. The summed E-state index contributed by atoms with van der Waals surface area (Å²) in [6, 6.07) is 5.76. The maximum absolute atomic E-state index is 12.3. The lowest BCUT2D eigenvalue weighted by atomic mass is 10.1. The van der Waals surface area contributed by atoms with E-state index in [1.807, 2.05) is 6.07 Å². The van der Waals surface area contributed by atoms with E-state index in [4.69, 9.17) is 5.73 Å². The van der Waals surface area contributed by atoms with Crippen LogP contribution in [-0.4, -0.2) is 22.6 Å². The minimum Gasteiger partial charge on any atom is -0.399 e. The van der Waals surface area contributed by atoms with Gasteiger partial charge in [-0.15, -0.1) is 0 Å². The Morgan fingerprint density at radius 1 is 1.38 bits per heavy atom. The Labute approximate surface area is 124 Å². The number of nitrogens with two attached hydrogens (primary N) is 1. The molecule has 3 rings (SSSR count). The second kappa shape index (κ2) is 5.76. The Balaban J connectivity index is 2.07. The molecule has 2 aromatic rings. The minimum atomic E-state index is -0.110. The number of fused-ring (bicyclic) bond motifs is 1. The number of nitrogen functional groups attached to an aromatic ring is 1. The molecule has 1 aromatic heterocycles. The molecule has 0 amide bonds. The molecule has 0 radical (unpaired) electrons. The third-order valence-corrected chi connectivity index (χ3v) is 4.34. The van der Waals surface area contributed by atoms with Crippen molar-refractivity contribution in [3.63, 3.8) is 0 Å². The number of nitrogens with zero attached hydrogens (tertiary/aromatic N) is 2. The van der Waals surface area contributed by atoms with Crippen molar-refractivity contribution in [2.24, 2.45) is 0 Å². The summed E-state index contributed by atoms with van der Waals surface area (Å²) in [4.78, 5) is 22.2. The Morgan fingerprint density at radius 3 is 3.05 bits per heavy atom. The van der Waals surface area contributed by atoms with Crippen LogP contribution in [0.4, 0.5) is 11.6 Å². The van der Waals surface area contributed by atoms with Crippen LogP contribution in [0.5, 0.6) is 0 Å². The number of hydrogen-bond donors (Lipinski definition) is 2. The number of H-pyrrole nitrogens is 1. The quantitative estimate of drug-likeness (QED) is 0.832. The van der Waals surface area contributed by atoms with Gasteiger partial charge in [-0.25, -0.2) is 4.98 Å². The molecule has 2 heterocycles. The number of benzene rings is 1. The molecule has 5 heteroatoms. The lowest BCUT2D eigenvalue weighted by molar-refractivity contribution is 0.547. The molecule has 1 fully saturated rings. The first-order chi connectivity index (χ1) is 10.2. The average Bonchev–Trinajstić information content (AvgIpc) is 2.73. The molecule has 1 aliphatic heterocycles. The van der Waals surface area contributed by atoms with Crippen LogP contribution < -0.4 is 16.2 Å². The van der Waals surface area contributed by atoms with Gasteiger partial charge < -0.3 is 10.6 Å². The molecule has 0 spiro atoms. The van der Waals surface area contributed by atoms with Gasteiger partial charge in [0, 0.05) is 18.3 Å². The number of aromatic amines is 1. The lowest BCUT2D eigenvalue weighted by Gasteiger charge is -2.29. The molecule has 1 saturated heterocycles. The molecule has 0 saturated carbocycles. The lowest BCUT2D eigenvalue weighted by Crippen LogP contribution is -2.36. The van der Waals surface area contributed by atoms with E-state index in [-0.39, 0.29) is 5.56 Å². The summed E-state index contributed by atoms with van der Waals surface area (Å²) >= 11 is 0. The zero-order chi connectivity index (χ0) is 14.8. The largest absolute Gasteiger partial charge is 0.399 e. The second-order valence-corrected chi connectivity index (χ2v) is 5.77. The Hall–Kier alpha value is -2.04. The minimum absolute atomic E-state index is 0.110. The number of aromatic nitrogens is 2. The van der Waals surface area contributed by atoms with E-state index in [0.29, 0.717) is 28.6 Å². The molecule has 1 unspecified atom stereocenters. The number of anilines is 2. The van der Waals surface area contributed by atoms with Gasteiger partial charge in [0.05, 0.1) is 10.9 Å². The van der Waals surface area contributed by atoms with Crippen molar-refractivity contribution < 1.29 is 0 Å². The van der Waals surface area contributed by atoms with Gasteiger partial charge in [0.15, 0.2) is 0 Å². The first-order valence-corrected chi connectivity index (χ1v) is 7.75. The molecule has 5 nitrogen and oxygen atoms in total. The van der Waals surface area contributed by atoms with Crippen LogP contribution in [0.1, 0.15) is 39.0 Å². The monoisotopic (exact) mass is 286 g/mol. The summed E-state index contributed by atoms with van der Waals surface area (Å²) in [5.41, 5.74) is 6.93. The number of hydrogen-bond acceptors (Lipinski definition) is 4. The van der Waals surface area contributed by atoms with Gasteiger partial charge in [0.25, 0.3) is 5.56 Å². The highest BCUT2D eigenvalue weighted by Crippen LogP contribution is 2.23. The Morgan fingerprint density at radius 2 is 2.24 bits per heavy atom. The predicted octanol–water partition coefficient (Wildman–Crippen LogP) is 2.66. The van der Waals surface area contributed by atoms with E-state index in [9.17, 15) is 4.79 Å². The van der Waals surface area contributed by atoms with Crippen molar-refractivity contribution >= 4 is 22.5 Å². The van der Waals surface area contributed by atoms with Gasteiger partial charge in [-0.1, -0.05) is 19.8 Å². The van der Waals surface area contributed by atoms with Crippen molar-refractivity contribution in [2.45, 2.75) is 45.1 Å². The van der Waals surface area contributed by atoms with Gasteiger partial charge in [-0.05, 0) is 37.5 Å². The normalized spacial score (nSPS) is 19.7. The zero-order valence-corrected chi connectivity index (χ0v) is 12.4. The molecular weight excluding hydrogens is 264 g/mol. The molecule has 1 atom stereocenters. The third kappa shape index (κ3) is 2.73. The van der Waals surface area contributed by atoms with Crippen molar-refractivity contribution in [2.75, 3.05) is 17.2 Å². The fourth-order valence-electron chi connectivity index (χ4n) is 3.16. The zero-order valence-electron chi connectivity index (χ0n) is 12.4. The molecule has 1 aliphatic rings. The summed E-state index contributed by atoms with van der Waals surface area (Å²) in [5.74, 6) is 0.700. The van der Waals surface area contributed by atoms with Crippen molar-refractivity contribution in [3.05, 3.63) is 28.6 Å². The fraction of sp³-hybridized carbons (Fsp3) is 0.500. The van der Waals surface area contributed by atoms with Crippen molar-refractivity contribution in [1.82, 2.24) is 9.97 Å². The second-order valence-electron chi connectivity index (χ2n) is 5.77. The smallest absolute Gasteiger partial charge is 0.260 e. The van der Waals surface area contributed by atoms with Gasteiger partial charge in [0.1, 0.15) is 0 Å². The first kappa shape index (κ1) is 13.9. The standard InChI is InChI=1S/C16H22N4O/c1-2-12-6-4-3-5-9-20(12)16-18-14-8-7-11(17)10-13(14)15(21)19-16/h7-8,10,12H,2-6,9,17H2,1H3,(H,18,19,21). The summed E-state index contributed by atoms with van der Waals surface area (Å²) in [7, 11) is 0. The molecule has 112 valence electrons. The van der Waals surface area contributed by atoms with Crippen LogP contribution in [0.15, 0.2) is 23.0 Å². The van der Waals surface area contributed by atoms with Crippen molar-refractivity contribution in [3.8, 4) is 0 Å². The van der Waals surface area contributed by atoms with E-state index in [1.165, 1.54) is 19.3 Å². The summed E-state index contributed by atoms with van der Waals surface area (Å²) in [5, 5.41) is 0.557. The fourth-order valence-corrected chi connectivity index (χ4v) is 3.16. The van der Waals surface area contributed by atoms with E-state index >= 15 is 0 Å². The van der Waals surface area contributed by atoms with Crippen LogP contribution in [0.25, 0.3) is 10.9 Å². The maximum atomic E-state index is 12.3. The average molecular weight is 286 g/mol. The predicted molar refractivity (Wildman–Crippen MR) is 86.7 cm³/mol. The molecule has 0 bridgehead atoms. The summed E-state index contributed by atoms with van der Waals surface area (Å²) in [6.45, 7) is 3.16. The summed E-state index contributed by atoms with van der Waals surface area (Å²) < 4.78 is 0. The SMILES string of the molecule is CCC1CCCCCN1c1nc2ccc(N)cc2c(=O)[nH]1. The topological polar surface area (TPSA) is 75.0 Å². The van der Waals surface area contributed by atoms with Gasteiger partial charge in [-0.2, -0.15) is 0 Å². The van der Waals surface area contributed by atoms with Crippen molar-refractivity contribution in [1.29, 1.82) is 0 Å². The van der Waals surface area contributed by atoms with Gasteiger partial charge in [0.2, 0.25) is 5.95 Å². The molecular formula is C16H22N4O. The van der Waals surface area contributed by atoms with Gasteiger partial charge >= 0.3 is 0 Å². The molecule has 0 aliphatic carbocycles. The van der Waals surface area contributed by atoms with E-state index in [0.717, 1.165) is 19.4 Å². The summed E-state index contributed by atoms with van der Waals surface area (Å²) in [6.07, 6.45) is 5.90. The van der Waals surface area contributed by atoms with E-state index < -0.39 is 0 Å². The molecule has 1 aromatic carbocycles. The van der Waals surface area contributed by atoms with Crippen LogP contribution >= 0.6 is 0 Å². The highest BCUT2D eigenvalue weighted by Gasteiger charge is 2.22. The maximum Gasteiger partial charge on any atom is 0.260 e. The number of nitrogens with one attached hydrogen (secondary N) is 1. The van der Waals surface area contributed by atoms with Crippen LogP contribution in [-0.2, 0) is 0 Å². The highest BCUT2D eigenvalue weighted by atomic mass is 16.1. The Kier molecular flexibility index (Phi) is 3.82. The third-order valence-electron chi connectivity index (χ3n) is 4.34. The highest BCUT2D eigenvalue weighted by molar-refractivity contribution is 5.81. The van der Waals surface area contributed by atoms with Crippen LogP contribution in [0.3, 0.4) is 0 Å². The Bertz CT molecular complexity index is 694. The van der Waals surface area contributed by atoms with Crippen LogP contribution in [0, 0.1) is 0 Å². The van der Waals surface area contributed by atoms with Crippen LogP contribution in [0.2, 0.25) is 0 Å². The molecule has 3 N–H and O–H groups in total.